The van der Waals surface area contributed by atoms with E-state index < -0.39 is 0 Å². The number of hydrogen-bond donors (Lipinski definition) is 2. The quantitative estimate of drug-likeness (QED) is 0.766. The molecule has 1 aliphatic heterocycles. The van der Waals surface area contributed by atoms with E-state index in [0.29, 0.717) is 51.0 Å². The third-order valence-electron chi connectivity index (χ3n) is 4.10. The van der Waals surface area contributed by atoms with Gasteiger partial charge < -0.3 is 24.6 Å². The minimum atomic E-state index is -0.118. The molecule has 0 aliphatic carbocycles. The van der Waals surface area contributed by atoms with Gasteiger partial charge in [-0.3, -0.25) is 5.10 Å². The van der Waals surface area contributed by atoms with Crippen LogP contribution in [0.2, 0.25) is 0 Å². The van der Waals surface area contributed by atoms with Crippen LogP contribution in [0, 0.1) is 0 Å². The maximum absolute atomic E-state index is 12.3. The monoisotopic (exact) mass is 361 g/mol. The van der Waals surface area contributed by atoms with Gasteiger partial charge >= 0.3 is 6.03 Å². The normalized spacial score (nSPS) is 14.4. The maximum atomic E-state index is 12.3. The average molecular weight is 361 g/mol. The van der Waals surface area contributed by atoms with Gasteiger partial charge in [0.25, 0.3) is 0 Å². The summed E-state index contributed by atoms with van der Waals surface area (Å²) < 4.78 is 10.2. The lowest BCUT2D eigenvalue weighted by atomic mass is 10.3. The van der Waals surface area contributed by atoms with Gasteiger partial charge in [0.05, 0.1) is 13.7 Å². The van der Waals surface area contributed by atoms with Crippen LogP contribution in [0.25, 0.3) is 0 Å². The van der Waals surface area contributed by atoms with E-state index in [2.05, 4.69) is 30.4 Å². The molecule has 1 aliphatic rings. The molecule has 10 heteroatoms. The van der Waals surface area contributed by atoms with E-state index in [4.69, 9.17) is 9.47 Å². The molecule has 2 aromatic rings. The van der Waals surface area contributed by atoms with Crippen molar-refractivity contribution in [2.24, 2.45) is 0 Å². The molecule has 0 atom stereocenters. The standard InChI is InChI=1S/C16H23N7O3/c1-25-11-14-19-13(20-21-14)10-18-16(24)23-7-5-22(6-8-23)15-9-12(26-2)3-4-17-15/h3-4,9H,5-8,10-11H2,1-2H3,(H,18,24)(H,19,20,21). The second kappa shape index (κ2) is 8.48. The molecule has 0 saturated carbocycles. The van der Waals surface area contributed by atoms with Gasteiger partial charge in [-0.05, 0) is 6.07 Å². The van der Waals surface area contributed by atoms with Crippen LogP contribution in [0.4, 0.5) is 10.6 Å². The Morgan fingerprint density at radius 1 is 1.31 bits per heavy atom. The van der Waals surface area contributed by atoms with Crippen molar-refractivity contribution in [1.29, 1.82) is 0 Å². The van der Waals surface area contributed by atoms with Crippen LogP contribution in [0.15, 0.2) is 18.3 Å². The number of rotatable bonds is 6. The lowest BCUT2D eigenvalue weighted by molar-refractivity contribution is 0.178. The van der Waals surface area contributed by atoms with Gasteiger partial charge in [-0.15, -0.1) is 0 Å². The molecule has 10 nitrogen and oxygen atoms in total. The summed E-state index contributed by atoms with van der Waals surface area (Å²) in [4.78, 5) is 24.8. The first-order valence-corrected chi connectivity index (χ1v) is 8.36. The fourth-order valence-electron chi connectivity index (χ4n) is 2.72. The van der Waals surface area contributed by atoms with Crippen LogP contribution >= 0.6 is 0 Å². The first-order valence-electron chi connectivity index (χ1n) is 8.36. The molecule has 2 aromatic heterocycles. The van der Waals surface area contributed by atoms with Crippen molar-refractivity contribution in [2.75, 3.05) is 45.3 Å². The Morgan fingerprint density at radius 2 is 2.12 bits per heavy atom. The van der Waals surface area contributed by atoms with Crippen molar-refractivity contribution in [1.82, 2.24) is 30.4 Å². The summed E-state index contributed by atoms with van der Waals surface area (Å²) in [5, 5.41) is 9.64. The lowest BCUT2D eigenvalue weighted by Gasteiger charge is -2.35. The molecule has 0 bridgehead atoms. The summed E-state index contributed by atoms with van der Waals surface area (Å²) in [5.41, 5.74) is 0. The summed E-state index contributed by atoms with van der Waals surface area (Å²) >= 11 is 0. The number of carbonyl (C=O) groups excluding carboxylic acids is 1. The minimum Gasteiger partial charge on any atom is -0.497 e. The molecular weight excluding hydrogens is 338 g/mol. The van der Waals surface area contributed by atoms with Gasteiger partial charge in [-0.25, -0.2) is 14.8 Å². The lowest BCUT2D eigenvalue weighted by Crippen LogP contribution is -2.52. The third kappa shape index (κ3) is 4.39. The van der Waals surface area contributed by atoms with Crippen molar-refractivity contribution >= 4 is 11.8 Å². The molecule has 3 heterocycles. The van der Waals surface area contributed by atoms with Crippen molar-refractivity contribution < 1.29 is 14.3 Å². The van der Waals surface area contributed by atoms with Crippen LogP contribution < -0.4 is 15.0 Å². The predicted octanol–water partition coefficient (Wildman–Crippen LogP) is 0.387. The minimum absolute atomic E-state index is 0.118. The van der Waals surface area contributed by atoms with Gasteiger partial charge in [0.2, 0.25) is 0 Å². The Balaban J connectivity index is 1.47. The zero-order chi connectivity index (χ0) is 18.4. The zero-order valence-corrected chi connectivity index (χ0v) is 14.9. The third-order valence-corrected chi connectivity index (χ3v) is 4.10. The van der Waals surface area contributed by atoms with Crippen LogP contribution in [-0.2, 0) is 17.9 Å². The number of aromatic nitrogens is 4. The number of aromatic amines is 1. The average Bonchev–Trinajstić information content (AvgIpc) is 3.14. The number of carbonyl (C=O) groups is 1. The second-order valence-electron chi connectivity index (χ2n) is 5.82. The molecule has 0 radical (unpaired) electrons. The fraction of sp³-hybridized carbons (Fsp3) is 0.500. The summed E-state index contributed by atoms with van der Waals surface area (Å²) in [5.74, 6) is 2.80. The fourth-order valence-corrected chi connectivity index (χ4v) is 2.72. The number of amides is 2. The van der Waals surface area contributed by atoms with E-state index in [9.17, 15) is 4.79 Å². The Morgan fingerprint density at radius 3 is 2.85 bits per heavy atom. The van der Waals surface area contributed by atoms with E-state index in [-0.39, 0.29) is 6.03 Å². The molecule has 1 fully saturated rings. The highest BCUT2D eigenvalue weighted by Crippen LogP contribution is 2.19. The van der Waals surface area contributed by atoms with Crippen molar-refractivity contribution in [3.05, 3.63) is 30.0 Å². The summed E-state index contributed by atoms with van der Waals surface area (Å²) in [6, 6.07) is 3.60. The SMILES string of the molecule is COCc1n[nH]c(CNC(=O)N2CCN(c3cc(OC)ccn3)CC2)n1. The van der Waals surface area contributed by atoms with Crippen LogP contribution in [0.5, 0.6) is 5.75 Å². The number of piperazine rings is 1. The van der Waals surface area contributed by atoms with Crippen molar-refractivity contribution in [2.45, 2.75) is 13.2 Å². The first-order chi connectivity index (χ1) is 12.7. The summed E-state index contributed by atoms with van der Waals surface area (Å²) in [6.45, 7) is 3.31. The van der Waals surface area contributed by atoms with E-state index in [0.717, 1.165) is 11.6 Å². The van der Waals surface area contributed by atoms with E-state index in [1.165, 1.54) is 0 Å². The molecule has 1 saturated heterocycles. The molecule has 0 unspecified atom stereocenters. The van der Waals surface area contributed by atoms with Crippen molar-refractivity contribution in [3.63, 3.8) is 0 Å². The highest BCUT2D eigenvalue weighted by Gasteiger charge is 2.22. The zero-order valence-electron chi connectivity index (χ0n) is 14.9. The van der Waals surface area contributed by atoms with E-state index in [1.54, 1.807) is 25.3 Å². The molecule has 140 valence electrons. The Labute approximate surface area is 151 Å². The van der Waals surface area contributed by atoms with Crippen LogP contribution in [-0.4, -0.2) is 71.5 Å². The van der Waals surface area contributed by atoms with Gasteiger partial charge in [-0.1, -0.05) is 0 Å². The Bertz CT molecular complexity index is 728. The number of urea groups is 1. The predicted molar refractivity (Wildman–Crippen MR) is 93.9 cm³/mol. The number of methoxy groups -OCH3 is 2. The summed E-state index contributed by atoms with van der Waals surface area (Å²) in [6.07, 6.45) is 1.72. The number of H-pyrrole nitrogens is 1. The molecular formula is C16H23N7O3. The second-order valence-corrected chi connectivity index (χ2v) is 5.82. The Kier molecular flexibility index (Phi) is 5.84. The molecule has 2 N–H and O–H groups in total. The largest absolute Gasteiger partial charge is 0.497 e. The molecule has 26 heavy (non-hydrogen) atoms. The number of hydrogen-bond acceptors (Lipinski definition) is 7. The Hall–Kier alpha value is -2.88. The number of anilines is 1. The van der Waals surface area contributed by atoms with Gasteiger partial charge in [0, 0.05) is 45.6 Å². The smallest absolute Gasteiger partial charge is 0.317 e. The first kappa shape index (κ1) is 17.9. The van der Waals surface area contributed by atoms with E-state index >= 15 is 0 Å². The van der Waals surface area contributed by atoms with Crippen LogP contribution in [0.3, 0.4) is 0 Å². The molecule has 3 rings (SSSR count). The molecule has 2 amide bonds. The highest BCUT2D eigenvalue weighted by molar-refractivity contribution is 5.74. The van der Waals surface area contributed by atoms with Gasteiger partial charge in [0.15, 0.2) is 5.82 Å². The maximum Gasteiger partial charge on any atom is 0.317 e. The van der Waals surface area contributed by atoms with Gasteiger partial charge in [0.1, 0.15) is 24.0 Å². The molecule has 0 spiro atoms. The number of nitrogens with one attached hydrogen (secondary N) is 2. The number of pyridine rings is 1. The molecule has 0 aromatic carbocycles. The van der Waals surface area contributed by atoms with Crippen LogP contribution in [0.1, 0.15) is 11.6 Å². The topological polar surface area (TPSA) is 108 Å². The van der Waals surface area contributed by atoms with Gasteiger partial charge in [-0.2, -0.15) is 5.10 Å². The summed E-state index contributed by atoms with van der Waals surface area (Å²) in [7, 11) is 3.21. The number of ether oxygens (including phenoxy) is 2. The van der Waals surface area contributed by atoms with E-state index in [1.807, 2.05) is 12.1 Å². The number of nitrogens with zero attached hydrogens (tertiary/aromatic N) is 5. The van der Waals surface area contributed by atoms with Crippen molar-refractivity contribution in [3.8, 4) is 5.75 Å². The highest BCUT2D eigenvalue weighted by atomic mass is 16.5.